The molecule has 0 radical (unpaired) electrons. The topological polar surface area (TPSA) is 0 Å². The van der Waals surface area contributed by atoms with E-state index < -0.39 is 0 Å². The lowest BCUT2D eigenvalue weighted by atomic mass is 10.2. The number of rotatable bonds is 3. The molecule has 0 aromatic heterocycles. The van der Waals surface area contributed by atoms with Crippen LogP contribution in [0.3, 0.4) is 0 Å². The van der Waals surface area contributed by atoms with Crippen molar-refractivity contribution in [1.29, 1.82) is 0 Å². The second-order valence-electron chi connectivity index (χ2n) is 3.23. The molecular weight excluding hydrogens is 207 g/mol. The van der Waals surface area contributed by atoms with Crippen molar-refractivity contribution in [2.45, 2.75) is 10.6 Å². The van der Waals surface area contributed by atoms with Crippen molar-refractivity contribution in [3.63, 3.8) is 0 Å². The van der Waals surface area contributed by atoms with Crippen molar-refractivity contribution in [3.05, 3.63) is 66.0 Å². The van der Waals surface area contributed by atoms with E-state index in [-0.39, 0.29) is 5.82 Å². The minimum Gasteiger partial charge on any atom is -0.207 e. The summed E-state index contributed by atoms with van der Waals surface area (Å²) < 4.78 is 12.9. The van der Waals surface area contributed by atoms with E-state index >= 15 is 0 Å². The fourth-order valence-corrected chi connectivity index (χ4v) is 2.17. The zero-order valence-electron chi connectivity index (χ0n) is 8.19. The molecule has 0 amide bonds. The second kappa shape index (κ2) is 4.99. The van der Waals surface area contributed by atoms with Crippen molar-refractivity contribution in [1.82, 2.24) is 0 Å². The molecule has 0 aliphatic rings. The quantitative estimate of drug-likeness (QED) is 0.698. The van der Waals surface area contributed by atoms with Crippen LogP contribution in [0.4, 0.5) is 4.39 Å². The normalized spacial score (nSPS) is 10.2. The highest BCUT2D eigenvalue weighted by Gasteiger charge is 1.96. The summed E-state index contributed by atoms with van der Waals surface area (Å²) in [5, 5.41) is 0. The van der Waals surface area contributed by atoms with E-state index in [0.29, 0.717) is 0 Å². The Kier molecular flexibility index (Phi) is 3.41. The van der Waals surface area contributed by atoms with Crippen LogP contribution in [0.2, 0.25) is 0 Å². The molecule has 0 N–H and O–H groups in total. The Morgan fingerprint density at radius 3 is 2.47 bits per heavy atom. The van der Waals surface area contributed by atoms with Crippen molar-refractivity contribution in [2.24, 2.45) is 0 Å². The van der Waals surface area contributed by atoms with Gasteiger partial charge >= 0.3 is 0 Å². The molecule has 2 aromatic rings. The molecule has 2 heteroatoms. The average Bonchev–Trinajstić information content (AvgIpc) is 2.28. The van der Waals surface area contributed by atoms with Crippen LogP contribution in [-0.2, 0) is 5.75 Å². The molecule has 15 heavy (non-hydrogen) atoms. The van der Waals surface area contributed by atoms with Gasteiger partial charge in [0.2, 0.25) is 0 Å². The lowest BCUT2D eigenvalue weighted by Crippen LogP contribution is -1.82. The van der Waals surface area contributed by atoms with Gasteiger partial charge in [-0.1, -0.05) is 30.3 Å². The van der Waals surface area contributed by atoms with Gasteiger partial charge in [-0.3, -0.25) is 0 Å². The monoisotopic (exact) mass is 218 g/mol. The van der Waals surface area contributed by atoms with E-state index in [4.69, 9.17) is 0 Å². The Morgan fingerprint density at radius 2 is 1.73 bits per heavy atom. The van der Waals surface area contributed by atoms with E-state index in [1.807, 2.05) is 24.3 Å². The van der Waals surface area contributed by atoms with E-state index in [2.05, 4.69) is 12.1 Å². The molecule has 0 saturated carbocycles. The minimum absolute atomic E-state index is 0.166. The van der Waals surface area contributed by atoms with Gasteiger partial charge in [0, 0.05) is 10.6 Å². The van der Waals surface area contributed by atoms with Gasteiger partial charge in [0.05, 0.1) is 0 Å². The maximum atomic E-state index is 12.9. The zero-order chi connectivity index (χ0) is 10.5. The van der Waals surface area contributed by atoms with E-state index in [0.717, 1.165) is 11.3 Å². The Bertz CT molecular complexity index is 426. The predicted octanol–water partition coefficient (Wildman–Crippen LogP) is 4.12. The predicted molar refractivity (Wildman–Crippen MR) is 62.4 cm³/mol. The molecule has 0 heterocycles. The maximum Gasteiger partial charge on any atom is 0.123 e. The first kappa shape index (κ1) is 10.2. The minimum atomic E-state index is -0.166. The van der Waals surface area contributed by atoms with E-state index in [1.165, 1.54) is 11.0 Å². The number of hydrogen-bond donors (Lipinski definition) is 0. The van der Waals surface area contributed by atoms with Crippen molar-refractivity contribution < 1.29 is 4.39 Å². The summed E-state index contributed by atoms with van der Waals surface area (Å²) in [6.07, 6.45) is 0. The smallest absolute Gasteiger partial charge is 0.123 e. The molecule has 0 nitrogen and oxygen atoms in total. The van der Waals surface area contributed by atoms with Gasteiger partial charge in [0.15, 0.2) is 0 Å². The highest BCUT2D eigenvalue weighted by Crippen LogP contribution is 2.22. The Morgan fingerprint density at radius 1 is 0.933 bits per heavy atom. The molecule has 0 unspecified atom stereocenters. The number of benzene rings is 2. The standard InChI is InChI=1S/C13H11FS/c14-12-6-4-5-11(9-12)10-15-13-7-2-1-3-8-13/h1-9H,10H2. The van der Waals surface area contributed by atoms with E-state index in [9.17, 15) is 4.39 Å². The van der Waals surface area contributed by atoms with Gasteiger partial charge in [0.1, 0.15) is 5.82 Å². The molecule has 76 valence electrons. The van der Waals surface area contributed by atoms with Crippen LogP contribution in [0.15, 0.2) is 59.5 Å². The van der Waals surface area contributed by atoms with Gasteiger partial charge in [-0.25, -0.2) is 4.39 Å². The van der Waals surface area contributed by atoms with Gasteiger partial charge in [-0.05, 0) is 29.8 Å². The van der Waals surface area contributed by atoms with Crippen LogP contribution in [0.25, 0.3) is 0 Å². The fourth-order valence-electron chi connectivity index (χ4n) is 1.31. The van der Waals surface area contributed by atoms with Crippen molar-refractivity contribution in [2.75, 3.05) is 0 Å². The number of thioether (sulfide) groups is 1. The molecule has 0 spiro atoms. The molecule has 2 aromatic carbocycles. The van der Waals surface area contributed by atoms with Gasteiger partial charge in [0.25, 0.3) is 0 Å². The van der Waals surface area contributed by atoms with Crippen LogP contribution in [0.1, 0.15) is 5.56 Å². The number of halogens is 1. The van der Waals surface area contributed by atoms with Crippen LogP contribution in [0.5, 0.6) is 0 Å². The molecule has 0 aliphatic carbocycles. The summed E-state index contributed by atoms with van der Waals surface area (Å²) in [7, 11) is 0. The molecule has 0 saturated heterocycles. The summed E-state index contributed by atoms with van der Waals surface area (Å²) in [5.74, 6) is 0.642. The summed E-state index contributed by atoms with van der Waals surface area (Å²) in [4.78, 5) is 1.21. The molecule has 0 aliphatic heterocycles. The Balaban J connectivity index is 1.99. The van der Waals surface area contributed by atoms with Crippen LogP contribution >= 0.6 is 11.8 Å². The molecule has 0 fully saturated rings. The first-order valence-corrected chi connectivity index (χ1v) is 5.75. The molecule has 2 rings (SSSR count). The molecule has 0 atom stereocenters. The largest absolute Gasteiger partial charge is 0.207 e. The summed E-state index contributed by atoms with van der Waals surface area (Å²) in [5.41, 5.74) is 1.02. The van der Waals surface area contributed by atoms with Crippen LogP contribution < -0.4 is 0 Å². The lowest BCUT2D eigenvalue weighted by molar-refractivity contribution is 0.626. The summed E-state index contributed by atoms with van der Waals surface area (Å²) >= 11 is 1.72. The van der Waals surface area contributed by atoms with Crippen LogP contribution in [0, 0.1) is 5.82 Å². The highest BCUT2D eigenvalue weighted by atomic mass is 32.2. The van der Waals surface area contributed by atoms with Gasteiger partial charge < -0.3 is 0 Å². The zero-order valence-corrected chi connectivity index (χ0v) is 9.01. The highest BCUT2D eigenvalue weighted by molar-refractivity contribution is 7.98. The third-order valence-corrected chi connectivity index (χ3v) is 3.12. The molecule has 0 bridgehead atoms. The van der Waals surface area contributed by atoms with E-state index in [1.54, 1.807) is 23.9 Å². The first-order valence-electron chi connectivity index (χ1n) is 4.77. The van der Waals surface area contributed by atoms with Gasteiger partial charge in [-0.15, -0.1) is 11.8 Å². The maximum absolute atomic E-state index is 12.9. The summed E-state index contributed by atoms with van der Waals surface area (Å²) in [6, 6.07) is 16.9. The third-order valence-electron chi connectivity index (χ3n) is 2.04. The average molecular weight is 218 g/mol. The van der Waals surface area contributed by atoms with Crippen LogP contribution in [-0.4, -0.2) is 0 Å². The number of hydrogen-bond acceptors (Lipinski definition) is 1. The Labute approximate surface area is 93.1 Å². The second-order valence-corrected chi connectivity index (χ2v) is 4.28. The van der Waals surface area contributed by atoms with Crippen molar-refractivity contribution in [3.8, 4) is 0 Å². The SMILES string of the molecule is Fc1cccc(CSc2ccccc2)c1. The lowest BCUT2D eigenvalue weighted by Gasteiger charge is -2.01. The first-order chi connectivity index (χ1) is 7.34. The molecular formula is C13H11FS. The summed E-state index contributed by atoms with van der Waals surface area (Å²) in [6.45, 7) is 0. The van der Waals surface area contributed by atoms with Gasteiger partial charge in [-0.2, -0.15) is 0 Å². The fraction of sp³-hybridized carbons (Fsp3) is 0.0769. The third kappa shape index (κ3) is 3.10. The Hall–Kier alpha value is -1.28. The van der Waals surface area contributed by atoms with Crippen molar-refractivity contribution >= 4 is 11.8 Å².